The third-order valence-corrected chi connectivity index (χ3v) is 5.73. The average Bonchev–Trinajstić information content (AvgIpc) is 3.42. The van der Waals surface area contributed by atoms with Crippen LogP contribution in [0.1, 0.15) is 41.0 Å². The molecule has 3 aromatic rings. The van der Waals surface area contributed by atoms with Gasteiger partial charge in [-0.05, 0) is 50.5 Å². The minimum absolute atomic E-state index is 0.0911. The van der Waals surface area contributed by atoms with Crippen molar-refractivity contribution in [3.05, 3.63) is 71.8 Å². The van der Waals surface area contributed by atoms with E-state index >= 15 is 0 Å². The molecular formula is C23H26N4O2. The number of hydrogen-bond acceptors (Lipinski definition) is 4. The van der Waals surface area contributed by atoms with Crippen molar-refractivity contribution in [1.82, 2.24) is 19.7 Å². The Morgan fingerprint density at radius 3 is 2.79 bits per heavy atom. The van der Waals surface area contributed by atoms with E-state index in [1.807, 2.05) is 64.9 Å². The maximum atomic E-state index is 13.2. The summed E-state index contributed by atoms with van der Waals surface area (Å²) >= 11 is 0. The fraction of sp³-hybridized carbons (Fsp3) is 0.348. The summed E-state index contributed by atoms with van der Waals surface area (Å²) in [5, 5.41) is 8.41. The molecule has 6 heteroatoms. The Morgan fingerprint density at radius 1 is 1.17 bits per heavy atom. The second-order valence-corrected chi connectivity index (χ2v) is 7.42. The number of amides is 1. The van der Waals surface area contributed by atoms with Gasteiger partial charge in [0, 0.05) is 35.8 Å². The van der Waals surface area contributed by atoms with E-state index in [0.29, 0.717) is 0 Å². The molecule has 1 aromatic heterocycles. The van der Waals surface area contributed by atoms with Crippen LogP contribution in [-0.2, 0) is 6.42 Å². The molecule has 4 rings (SSSR count). The van der Waals surface area contributed by atoms with E-state index in [1.54, 1.807) is 13.4 Å². The van der Waals surface area contributed by atoms with Crippen LogP contribution in [0.5, 0.6) is 5.75 Å². The van der Waals surface area contributed by atoms with Gasteiger partial charge >= 0.3 is 0 Å². The molecule has 1 aliphatic rings. The maximum absolute atomic E-state index is 13.2. The normalized spacial score (nSPS) is 16.2. The first-order valence-corrected chi connectivity index (χ1v) is 10.1. The maximum Gasteiger partial charge on any atom is 0.254 e. The first-order chi connectivity index (χ1) is 14.2. The number of methoxy groups -OCH3 is 1. The fourth-order valence-electron chi connectivity index (χ4n) is 4.15. The molecule has 0 aliphatic carbocycles. The molecule has 1 fully saturated rings. The number of benzene rings is 2. The van der Waals surface area contributed by atoms with Gasteiger partial charge in [-0.25, -0.2) is 0 Å². The molecule has 0 radical (unpaired) electrons. The first-order valence-electron chi connectivity index (χ1n) is 10.1. The number of rotatable bonds is 6. The van der Waals surface area contributed by atoms with Crippen LogP contribution in [0.2, 0.25) is 0 Å². The largest absolute Gasteiger partial charge is 0.496 e. The zero-order valence-corrected chi connectivity index (χ0v) is 16.9. The van der Waals surface area contributed by atoms with Gasteiger partial charge in [0.05, 0.1) is 7.11 Å². The zero-order valence-electron chi connectivity index (χ0n) is 16.9. The zero-order chi connectivity index (χ0) is 20.2. The van der Waals surface area contributed by atoms with Gasteiger partial charge in [-0.15, -0.1) is 10.2 Å². The van der Waals surface area contributed by atoms with Gasteiger partial charge < -0.3 is 9.64 Å². The Labute approximate surface area is 171 Å². The van der Waals surface area contributed by atoms with Gasteiger partial charge in [-0.3, -0.25) is 9.36 Å². The van der Waals surface area contributed by atoms with Crippen LogP contribution in [0.4, 0.5) is 0 Å². The lowest BCUT2D eigenvalue weighted by Gasteiger charge is -2.26. The molecule has 29 heavy (non-hydrogen) atoms. The summed E-state index contributed by atoms with van der Waals surface area (Å²) in [4.78, 5) is 15.3. The molecule has 1 atom stereocenters. The minimum Gasteiger partial charge on any atom is -0.496 e. The van der Waals surface area contributed by atoms with Gasteiger partial charge in [0.1, 0.15) is 17.9 Å². The summed E-state index contributed by atoms with van der Waals surface area (Å²) in [7, 11) is 1.64. The van der Waals surface area contributed by atoms with Crippen molar-refractivity contribution in [3.63, 3.8) is 0 Å². The molecule has 1 saturated heterocycles. The summed E-state index contributed by atoms with van der Waals surface area (Å²) in [5.74, 6) is 1.77. The molecule has 2 aromatic carbocycles. The smallest absolute Gasteiger partial charge is 0.254 e. The minimum atomic E-state index is 0.0911. The van der Waals surface area contributed by atoms with Crippen molar-refractivity contribution < 1.29 is 9.53 Å². The van der Waals surface area contributed by atoms with Crippen molar-refractivity contribution in [2.45, 2.75) is 38.6 Å². The van der Waals surface area contributed by atoms with E-state index < -0.39 is 0 Å². The van der Waals surface area contributed by atoms with Crippen LogP contribution < -0.4 is 4.74 Å². The molecule has 2 heterocycles. The van der Waals surface area contributed by atoms with Crippen LogP contribution in [0, 0.1) is 6.92 Å². The van der Waals surface area contributed by atoms with E-state index in [1.165, 1.54) is 0 Å². The van der Waals surface area contributed by atoms with Gasteiger partial charge in [-0.2, -0.15) is 0 Å². The van der Waals surface area contributed by atoms with E-state index in [-0.39, 0.29) is 11.9 Å². The fourth-order valence-corrected chi connectivity index (χ4v) is 4.15. The number of nitrogens with zero attached hydrogens (tertiary/aromatic N) is 4. The number of carbonyl (C=O) groups is 1. The van der Waals surface area contributed by atoms with Crippen molar-refractivity contribution >= 4 is 5.91 Å². The molecule has 6 nitrogen and oxygen atoms in total. The second-order valence-electron chi connectivity index (χ2n) is 7.42. The number of aryl methyl sites for hydroxylation is 1. The third-order valence-electron chi connectivity index (χ3n) is 5.73. The standard InChI is InChI=1S/C23H26N4O2/c1-17-20(11-6-12-21(17)29-2)23(28)26-15-7-10-19(26)13-14-22-25-24-16-27(22)18-8-4-3-5-9-18/h3-6,8-9,11-12,16,19H,7,10,13-15H2,1-2H3. The number of carbonyl (C=O) groups excluding carboxylic acids is 1. The van der Waals surface area contributed by atoms with Crippen LogP contribution in [0.15, 0.2) is 54.9 Å². The van der Waals surface area contributed by atoms with Gasteiger partial charge in [0.15, 0.2) is 0 Å². The summed E-state index contributed by atoms with van der Waals surface area (Å²) in [6, 6.07) is 16.0. The molecule has 0 N–H and O–H groups in total. The third kappa shape index (κ3) is 3.88. The van der Waals surface area contributed by atoms with E-state index in [2.05, 4.69) is 10.2 Å². The summed E-state index contributed by atoms with van der Waals surface area (Å²) in [6.45, 7) is 2.74. The van der Waals surface area contributed by atoms with E-state index in [0.717, 1.165) is 60.6 Å². The van der Waals surface area contributed by atoms with Crippen LogP contribution >= 0.6 is 0 Å². The number of para-hydroxylation sites is 1. The summed E-state index contributed by atoms with van der Waals surface area (Å²) in [6.07, 6.45) is 5.46. The Hall–Kier alpha value is -3.15. The van der Waals surface area contributed by atoms with Gasteiger partial charge in [0.25, 0.3) is 5.91 Å². The lowest BCUT2D eigenvalue weighted by atomic mass is 10.0. The lowest BCUT2D eigenvalue weighted by molar-refractivity contribution is 0.0729. The van der Waals surface area contributed by atoms with E-state index in [4.69, 9.17) is 4.74 Å². The lowest BCUT2D eigenvalue weighted by Crippen LogP contribution is -2.36. The molecule has 1 unspecified atom stereocenters. The molecule has 0 saturated carbocycles. The highest BCUT2D eigenvalue weighted by molar-refractivity contribution is 5.96. The van der Waals surface area contributed by atoms with Crippen molar-refractivity contribution in [2.75, 3.05) is 13.7 Å². The number of aromatic nitrogens is 3. The Morgan fingerprint density at radius 2 is 2.00 bits per heavy atom. The highest BCUT2D eigenvalue weighted by Gasteiger charge is 2.30. The SMILES string of the molecule is COc1cccc(C(=O)N2CCCC2CCc2nncn2-c2ccccc2)c1C. The predicted octanol–water partition coefficient (Wildman–Crippen LogP) is 3.82. The average molecular weight is 390 g/mol. The molecule has 0 bridgehead atoms. The molecule has 0 spiro atoms. The highest BCUT2D eigenvalue weighted by atomic mass is 16.5. The van der Waals surface area contributed by atoms with Gasteiger partial charge in [-0.1, -0.05) is 24.3 Å². The van der Waals surface area contributed by atoms with Crippen LogP contribution in [0.25, 0.3) is 5.69 Å². The Bertz CT molecular complexity index is 984. The van der Waals surface area contributed by atoms with Crippen LogP contribution in [-0.4, -0.2) is 45.3 Å². The van der Waals surface area contributed by atoms with E-state index in [9.17, 15) is 4.79 Å². The molecular weight excluding hydrogens is 364 g/mol. The van der Waals surface area contributed by atoms with Crippen molar-refractivity contribution in [2.24, 2.45) is 0 Å². The second kappa shape index (κ2) is 8.47. The van der Waals surface area contributed by atoms with Gasteiger partial charge in [0.2, 0.25) is 0 Å². The molecule has 1 aliphatic heterocycles. The molecule has 150 valence electrons. The van der Waals surface area contributed by atoms with Crippen molar-refractivity contribution in [1.29, 1.82) is 0 Å². The number of ether oxygens (including phenoxy) is 1. The number of likely N-dealkylation sites (tertiary alicyclic amines) is 1. The monoisotopic (exact) mass is 390 g/mol. The van der Waals surface area contributed by atoms with Crippen LogP contribution in [0.3, 0.4) is 0 Å². The Kier molecular flexibility index (Phi) is 5.60. The number of hydrogen-bond donors (Lipinski definition) is 0. The predicted molar refractivity (Wildman–Crippen MR) is 111 cm³/mol. The highest BCUT2D eigenvalue weighted by Crippen LogP contribution is 2.27. The Balaban J connectivity index is 1.48. The first kappa shape index (κ1) is 19.2. The van der Waals surface area contributed by atoms with Crippen molar-refractivity contribution in [3.8, 4) is 11.4 Å². The summed E-state index contributed by atoms with van der Waals surface area (Å²) in [5.41, 5.74) is 2.68. The summed E-state index contributed by atoms with van der Waals surface area (Å²) < 4.78 is 7.41. The quantitative estimate of drug-likeness (QED) is 0.642. The molecule has 1 amide bonds. The topological polar surface area (TPSA) is 60.2 Å².